The van der Waals surface area contributed by atoms with E-state index in [0.29, 0.717) is 32.4 Å². The predicted octanol–water partition coefficient (Wildman–Crippen LogP) is 6.14. The Morgan fingerprint density at radius 1 is 0.765 bits per heavy atom. The molecule has 0 aromatic heterocycles. The Kier molecular flexibility index (Phi) is 18.7. The molecule has 0 bridgehead atoms. The van der Waals surface area contributed by atoms with Gasteiger partial charge in [0.1, 0.15) is 42.3 Å². The van der Waals surface area contributed by atoms with E-state index in [4.69, 9.17) is 23.7 Å². The number of amides is 2. The summed E-state index contributed by atoms with van der Waals surface area (Å²) in [5.74, 6) is 0.448. The number of carbonyl (C=O) groups excluding carboxylic acids is 2. The Labute approximate surface area is 475 Å². The molecule has 2 fully saturated rings. The Balaban J connectivity index is 0.969. The lowest BCUT2D eigenvalue weighted by atomic mass is 9.78. The quantitative estimate of drug-likeness (QED) is 0.0367. The van der Waals surface area contributed by atoms with Crippen LogP contribution in [0.2, 0.25) is 0 Å². The Hall–Kier alpha value is -5.83. The van der Waals surface area contributed by atoms with Crippen LogP contribution in [-0.4, -0.2) is 167 Å². The summed E-state index contributed by atoms with van der Waals surface area (Å²) in [5, 5.41) is 71.5. The van der Waals surface area contributed by atoms with E-state index in [9.17, 15) is 40.2 Å². The summed E-state index contributed by atoms with van der Waals surface area (Å²) >= 11 is 0. The van der Waals surface area contributed by atoms with Crippen LogP contribution in [0, 0.1) is 0 Å². The highest BCUT2D eigenvalue weighted by Crippen LogP contribution is 2.52. The number of ether oxygens (including phenoxy) is 5. The first kappa shape index (κ1) is 59.8. The highest BCUT2D eigenvalue weighted by atomic mass is 16.7. The molecule has 81 heavy (non-hydrogen) atoms. The normalized spacial score (nSPS) is 28.0. The molecule has 2 unspecified atom stereocenters. The van der Waals surface area contributed by atoms with E-state index in [1.807, 2.05) is 39.0 Å². The summed E-state index contributed by atoms with van der Waals surface area (Å²) in [6.45, 7) is 14.8. The first-order valence-electron chi connectivity index (χ1n) is 28.7. The smallest absolute Gasteiger partial charge is 0.288 e. The summed E-state index contributed by atoms with van der Waals surface area (Å²) in [6, 6.07) is 23.9. The van der Waals surface area contributed by atoms with Crippen LogP contribution in [0.15, 0.2) is 120 Å². The van der Waals surface area contributed by atoms with Gasteiger partial charge in [-0.1, -0.05) is 74.5 Å². The molecule has 2 saturated heterocycles. The lowest BCUT2D eigenvalue weighted by molar-refractivity contribution is -0.463. The van der Waals surface area contributed by atoms with Crippen LogP contribution in [0.25, 0.3) is 21.5 Å². The van der Waals surface area contributed by atoms with E-state index in [1.54, 1.807) is 7.11 Å². The molecule has 8 N–H and O–H groups in total. The molecular weight excluding hydrogens is 1030 g/mol. The summed E-state index contributed by atoms with van der Waals surface area (Å²) < 4.78 is 31.2. The van der Waals surface area contributed by atoms with E-state index < -0.39 is 78.5 Å². The summed E-state index contributed by atoms with van der Waals surface area (Å²) in [6.07, 6.45) is 3.33. The van der Waals surface area contributed by atoms with E-state index in [-0.39, 0.29) is 37.7 Å². The molecule has 2 amide bonds. The van der Waals surface area contributed by atoms with Gasteiger partial charge in [-0.15, -0.1) is 0 Å². The highest BCUT2D eigenvalue weighted by Gasteiger charge is 2.50. The second kappa shape index (κ2) is 25.3. The molecule has 0 radical (unpaired) electrons. The lowest BCUT2D eigenvalue weighted by Crippen LogP contribution is -2.59. The number of nitrogens with one attached hydrogen (secondary N) is 2. The van der Waals surface area contributed by atoms with Crippen molar-refractivity contribution < 1.29 is 68.5 Å². The number of rotatable bonds is 20. The van der Waals surface area contributed by atoms with Crippen molar-refractivity contribution in [1.29, 1.82) is 0 Å². The van der Waals surface area contributed by atoms with Gasteiger partial charge in [-0.25, -0.2) is 0 Å². The molecule has 1 aliphatic carbocycles. The minimum absolute atomic E-state index is 0.0529. The number of anilines is 1. The monoisotopic (exact) mass is 1120 g/mol. The van der Waals surface area contributed by atoms with Gasteiger partial charge in [0, 0.05) is 74.2 Å². The number of allylic oxidation sites excluding steroid dienone is 7. The SMILES string of the molecule is COC1=C(/C=C/C2=[N+](C(C)C(=O)NCCCO[C@@H]3[C@@H](O)[C@H](O)[C@@H](CO)O[C@@H]3O)c3ccc4ccccc4c3C2(C)C)CCC/C1=C\C=C1\N(C(C)C(=O)NCCCO[C@@H]2[C@@H](O)C[C@@H](CO)O[C@@H]2C)c2ccc3ccccc3c2C1(C)C. The van der Waals surface area contributed by atoms with Gasteiger partial charge in [-0.3, -0.25) is 9.59 Å². The third-order valence-electron chi connectivity index (χ3n) is 17.1. The van der Waals surface area contributed by atoms with Crippen molar-refractivity contribution in [2.75, 3.05) is 51.5 Å². The van der Waals surface area contributed by atoms with Crippen LogP contribution in [0.5, 0.6) is 0 Å². The third kappa shape index (κ3) is 11.9. The van der Waals surface area contributed by atoms with Gasteiger partial charge in [-0.05, 0) is 122 Å². The van der Waals surface area contributed by atoms with Gasteiger partial charge >= 0.3 is 0 Å². The molecule has 4 heterocycles. The minimum Gasteiger partial charge on any atom is -0.496 e. The van der Waals surface area contributed by atoms with E-state index in [2.05, 4.69) is 127 Å². The fraction of sp³-hybridized carbons (Fsp3) is 0.516. The maximum atomic E-state index is 14.3. The first-order valence-corrected chi connectivity index (χ1v) is 28.7. The average Bonchev–Trinajstić information content (AvgIpc) is 3.35. The molecule has 5 aliphatic rings. The molecule has 4 aliphatic heterocycles. The standard InChI is InChI=1S/C64H82N4O13/c1-37(60(74)65-30-14-32-78-57-39(3)80-44(35-69)34-49(57)71)67-47-26-22-40-16-9-11-20-45(40)53(47)63(4,5)51(67)28-24-42-18-13-19-43(58(42)77-8)25-29-52-64(6,7)54-46-21-12-10-17-41(46)23-27-48(54)68(52)38(2)61(75)66-31-15-33-79-59-56(73)55(72)50(36-70)81-62(59)76/h9-12,16-17,20-29,37-39,44,49-50,55-57,59,62,69-73,76H,13-15,18-19,30-36H2,1-8H3,(H-,65,66,74,75)/p+1/t37?,38?,39-,44+,49+,50-,55-,56+,57+,59-,62+/m1/s1. The van der Waals surface area contributed by atoms with Crippen molar-refractivity contribution in [1.82, 2.24) is 10.6 Å². The van der Waals surface area contributed by atoms with Crippen molar-refractivity contribution in [3.63, 3.8) is 0 Å². The van der Waals surface area contributed by atoms with Crippen molar-refractivity contribution >= 4 is 50.4 Å². The maximum absolute atomic E-state index is 14.3. The fourth-order valence-electron chi connectivity index (χ4n) is 12.9. The van der Waals surface area contributed by atoms with Crippen molar-refractivity contribution in [2.45, 2.75) is 165 Å². The van der Waals surface area contributed by atoms with Gasteiger partial charge in [0.05, 0.1) is 44.1 Å². The topological polar surface area (TPSA) is 232 Å². The van der Waals surface area contributed by atoms with Crippen molar-refractivity contribution in [2.24, 2.45) is 0 Å². The molecule has 0 saturated carbocycles. The Morgan fingerprint density at radius 2 is 1.41 bits per heavy atom. The lowest BCUT2D eigenvalue weighted by Gasteiger charge is -2.39. The van der Waals surface area contributed by atoms with Crippen LogP contribution in [0.3, 0.4) is 0 Å². The molecule has 11 atom stereocenters. The van der Waals surface area contributed by atoms with Gasteiger partial charge in [0.2, 0.25) is 17.6 Å². The van der Waals surface area contributed by atoms with Gasteiger partial charge in [0.25, 0.3) is 5.91 Å². The maximum Gasteiger partial charge on any atom is 0.288 e. The Morgan fingerprint density at radius 3 is 2.06 bits per heavy atom. The van der Waals surface area contributed by atoms with E-state index >= 15 is 0 Å². The number of aliphatic hydroxyl groups excluding tert-OH is 6. The van der Waals surface area contributed by atoms with Crippen LogP contribution < -0.4 is 15.5 Å². The molecule has 4 aromatic rings. The second-order valence-corrected chi connectivity index (χ2v) is 23.2. The number of fused-ring (bicyclic) bond motifs is 6. The average molecular weight is 1120 g/mol. The first-order chi connectivity index (χ1) is 38.8. The van der Waals surface area contributed by atoms with Crippen LogP contribution in [0.4, 0.5) is 11.4 Å². The number of hydrogen-bond donors (Lipinski definition) is 8. The van der Waals surface area contributed by atoms with Gasteiger partial charge < -0.3 is 69.9 Å². The molecule has 0 spiro atoms. The summed E-state index contributed by atoms with van der Waals surface area (Å²) in [5.41, 5.74) is 7.12. The van der Waals surface area contributed by atoms with E-state index in [0.717, 1.165) is 91.6 Å². The number of nitrogens with zero attached hydrogens (tertiary/aromatic N) is 2. The summed E-state index contributed by atoms with van der Waals surface area (Å²) in [7, 11) is 1.71. The predicted molar refractivity (Wildman–Crippen MR) is 310 cm³/mol. The largest absolute Gasteiger partial charge is 0.496 e. The molecule has 4 aromatic carbocycles. The van der Waals surface area contributed by atoms with Crippen molar-refractivity contribution in [3.8, 4) is 0 Å². The number of methoxy groups -OCH3 is 1. The number of hydrogen-bond acceptors (Lipinski definition) is 14. The zero-order valence-electron chi connectivity index (χ0n) is 48.0. The molecule has 9 rings (SSSR count). The number of aliphatic hydroxyl groups is 6. The Bertz CT molecular complexity index is 3100. The van der Waals surface area contributed by atoms with Crippen LogP contribution >= 0.6 is 0 Å². The number of carbonyl (C=O) groups is 2. The third-order valence-corrected chi connectivity index (χ3v) is 17.1. The van der Waals surface area contributed by atoms with Crippen LogP contribution in [-0.2, 0) is 44.1 Å². The summed E-state index contributed by atoms with van der Waals surface area (Å²) in [4.78, 5) is 30.7. The zero-order valence-corrected chi connectivity index (χ0v) is 48.0. The molecular formula is C64H83N4O13+. The number of benzene rings is 4. The van der Waals surface area contributed by atoms with E-state index in [1.165, 1.54) is 0 Å². The fourth-order valence-corrected chi connectivity index (χ4v) is 12.9. The van der Waals surface area contributed by atoms with Crippen molar-refractivity contribution in [3.05, 3.63) is 131 Å². The molecule has 17 nitrogen and oxygen atoms in total. The van der Waals surface area contributed by atoms with Gasteiger partial charge in [-0.2, -0.15) is 4.58 Å². The van der Waals surface area contributed by atoms with Gasteiger partial charge in [0.15, 0.2) is 12.0 Å². The minimum atomic E-state index is -1.54. The molecule has 436 valence electrons. The second-order valence-electron chi connectivity index (χ2n) is 23.2. The van der Waals surface area contributed by atoms with Crippen LogP contribution in [0.1, 0.15) is 98.1 Å². The zero-order chi connectivity index (χ0) is 57.9. The molecule has 17 heteroatoms. The highest BCUT2D eigenvalue weighted by molar-refractivity contribution is 6.08.